The van der Waals surface area contributed by atoms with Gasteiger partial charge in [0.15, 0.2) is 0 Å². The summed E-state index contributed by atoms with van der Waals surface area (Å²) in [4.78, 5) is 17.0. The number of fused-ring (bicyclic) bond motifs is 2. The van der Waals surface area contributed by atoms with Gasteiger partial charge in [-0.15, -0.1) is 0 Å². The van der Waals surface area contributed by atoms with Crippen molar-refractivity contribution in [1.29, 1.82) is 0 Å². The molecule has 1 heterocycles. The van der Waals surface area contributed by atoms with E-state index < -0.39 is 0 Å². The van der Waals surface area contributed by atoms with Crippen molar-refractivity contribution in [2.45, 2.75) is 40.2 Å². The molecule has 0 unspecified atom stereocenters. The Kier molecular flexibility index (Phi) is 6.01. The molecule has 0 spiro atoms. The third kappa shape index (κ3) is 4.91. The predicted molar refractivity (Wildman–Crippen MR) is 127 cm³/mol. The second-order valence-electron chi connectivity index (χ2n) is 8.75. The maximum absolute atomic E-state index is 12.1. The number of imidazole rings is 1. The van der Waals surface area contributed by atoms with Crippen LogP contribution in [0, 0.1) is 5.41 Å². The van der Waals surface area contributed by atoms with Gasteiger partial charge in [-0.1, -0.05) is 61.8 Å². The van der Waals surface area contributed by atoms with Crippen molar-refractivity contribution in [2.24, 2.45) is 5.41 Å². The molecule has 1 aromatic heterocycles. The lowest BCUT2D eigenvalue weighted by Gasteiger charge is -2.23. The Labute approximate surface area is 187 Å². The van der Waals surface area contributed by atoms with E-state index in [2.05, 4.69) is 60.9 Å². The van der Waals surface area contributed by atoms with E-state index in [0.29, 0.717) is 31.0 Å². The minimum Gasteiger partial charge on any atom is -0.466 e. The zero-order valence-corrected chi connectivity index (χ0v) is 18.9. The van der Waals surface area contributed by atoms with E-state index >= 15 is 0 Å². The van der Waals surface area contributed by atoms with Crippen molar-refractivity contribution in [1.82, 2.24) is 9.55 Å². The number of carbonyl (C=O) groups excluding carboxylic acids is 1. The molecule has 0 bridgehead atoms. The average Bonchev–Trinajstić information content (AvgIpc) is 3.02. The van der Waals surface area contributed by atoms with Crippen LogP contribution in [0.4, 0.5) is 0 Å². The lowest BCUT2D eigenvalue weighted by atomic mass is 9.85. The van der Waals surface area contributed by atoms with E-state index in [1.54, 1.807) is 0 Å². The summed E-state index contributed by atoms with van der Waals surface area (Å²) < 4.78 is 7.41. The van der Waals surface area contributed by atoms with E-state index in [0.717, 1.165) is 16.9 Å². The van der Waals surface area contributed by atoms with Gasteiger partial charge >= 0.3 is 5.97 Å². The van der Waals surface area contributed by atoms with E-state index in [4.69, 9.17) is 21.3 Å². The maximum atomic E-state index is 12.1. The third-order valence-electron chi connectivity index (χ3n) is 5.51. The number of benzene rings is 3. The summed E-state index contributed by atoms with van der Waals surface area (Å²) in [6.07, 6.45) is 1.01. The molecule has 4 rings (SSSR count). The fraction of sp³-hybridized carbons (Fsp3) is 0.308. The van der Waals surface area contributed by atoms with Gasteiger partial charge in [-0.3, -0.25) is 4.79 Å². The minimum absolute atomic E-state index is 0.173. The first-order valence-electron chi connectivity index (χ1n) is 10.6. The van der Waals surface area contributed by atoms with Gasteiger partial charge in [-0.25, -0.2) is 4.98 Å². The number of ether oxygens (including phenoxy) is 1. The lowest BCUT2D eigenvalue weighted by Crippen LogP contribution is -2.23. The zero-order valence-electron chi connectivity index (χ0n) is 18.2. The standard InChI is InChI=1S/C26H27ClN2O2/c1-4-31-25(30)16-26(2,3)15-24-28-22-14-21(27)11-12-23(22)29(24)17-18-9-10-19-7-5-6-8-20(19)13-18/h5-14H,4,15-17H2,1-3H3. The number of hydrogen-bond acceptors (Lipinski definition) is 3. The van der Waals surface area contributed by atoms with Crippen LogP contribution in [0.5, 0.6) is 0 Å². The van der Waals surface area contributed by atoms with Crippen molar-refractivity contribution in [3.8, 4) is 0 Å². The number of nitrogens with zero attached hydrogens (tertiary/aromatic N) is 2. The Morgan fingerprint density at radius 2 is 1.84 bits per heavy atom. The van der Waals surface area contributed by atoms with Crippen LogP contribution in [0.1, 0.15) is 38.6 Å². The first-order valence-corrected chi connectivity index (χ1v) is 11.0. The number of rotatable bonds is 7. The van der Waals surface area contributed by atoms with Crippen LogP contribution in [0.2, 0.25) is 5.02 Å². The molecule has 0 atom stereocenters. The van der Waals surface area contributed by atoms with E-state index in [-0.39, 0.29) is 11.4 Å². The van der Waals surface area contributed by atoms with Crippen LogP contribution in [-0.4, -0.2) is 22.1 Å². The molecule has 0 aliphatic rings. The highest BCUT2D eigenvalue weighted by atomic mass is 35.5. The molecule has 0 aliphatic heterocycles. The van der Waals surface area contributed by atoms with Gasteiger partial charge in [0.25, 0.3) is 0 Å². The Bertz CT molecular complexity index is 1240. The average molecular weight is 435 g/mol. The second-order valence-corrected chi connectivity index (χ2v) is 9.19. The zero-order chi connectivity index (χ0) is 22.0. The first-order chi connectivity index (χ1) is 14.8. The van der Waals surface area contributed by atoms with Crippen LogP contribution in [0.15, 0.2) is 60.7 Å². The Morgan fingerprint density at radius 3 is 2.61 bits per heavy atom. The van der Waals surface area contributed by atoms with Gasteiger partial charge in [-0.05, 0) is 52.9 Å². The molecule has 0 N–H and O–H groups in total. The summed E-state index contributed by atoms with van der Waals surface area (Å²) in [5.41, 5.74) is 2.84. The van der Waals surface area contributed by atoms with Crippen LogP contribution >= 0.6 is 11.6 Å². The molecule has 0 saturated heterocycles. The number of esters is 1. The molecule has 4 aromatic rings. The summed E-state index contributed by atoms with van der Waals surface area (Å²) in [6, 6.07) is 20.7. The summed E-state index contributed by atoms with van der Waals surface area (Å²) in [7, 11) is 0. The molecule has 0 fully saturated rings. The summed E-state index contributed by atoms with van der Waals surface area (Å²) in [6.45, 7) is 7.09. The van der Waals surface area contributed by atoms with Crippen LogP contribution in [0.25, 0.3) is 21.8 Å². The summed E-state index contributed by atoms with van der Waals surface area (Å²) in [5, 5.41) is 3.11. The largest absolute Gasteiger partial charge is 0.466 e. The van der Waals surface area contributed by atoms with Crippen molar-refractivity contribution in [2.75, 3.05) is 6.61 Å². The van der Waals surface area contributed by atoms with Crippen LogP contribution in [0.3, 0.4) is 0 Å². The van der Waals surface area contributed by atoms with Gasteiger partial charge in [0.2, 0.25) is 0 Å². The Hall–Kier alpha value is -2.85. The van der Waals surface area contributed by atoms with Gasteiger partial charge in [0.1, 0.15) is 5.82 Å². The highest BCUT2D eigenvalue weighted by Crippen LogP contribution is 2.30. The number of carbonyl (C=O) groups is 1. The molecular weight excluding hydrogens is 408 g/mol. The van der Waals surface area contributed by atoms with Gasteiger partial charge in [0, 0.05) is 18.0 Å². The molecule has 5 heteroatoms. The number of aromatic nitrogens is 2. The topological polar surface area (TPSA) is 44.1 Å². The SMILES string of the molecule is CCOC(=O)CC(C)(C)Cc1nc2cc(Cl)ccc2n1Cc1ccc2ccccc2c1. The van der Waals surface area contributed by atoms with Gasteiger partial charge < -0.3 is 9.30 Å². The fourth-order valence-corrected chi connectivity index (χ4v) is 4.24. The molecule has 160 valence electrons. The minimum atomic E-state index is -0.279. The molecule has 0 aliphatic carbocycles. The quantitative estimate of drug-likeness (QED) is 0.315. The fourth-order valence-electron chi connectivity index (χ4n) is 4.08. The van der Waals surface area contributed by atoms with Crippen molar-refractivity contribution in [3.05, 3.63) is 77.1 Å². The maximum Gasteiger partial charge on any atom is 0.306 e. The lowest BCUT2D eigenvalue weighted by molar-refractivity contribution is -0.145. The van der Waals surface area contributed by atoms with Crippen LogP contribution < -0.4 is 0 Å². The number of hydrogen-bond donors (Lipinski definition) is 0. The summed E-state index contributed by atoms with van der Waals surface area (Å²) >= 11 is 6.23. The highest BCUT2D eigenvalue weighted by molar-refractivity contribution is 6.31. The molecule has 0 saturated carbocycles. The molecular formula is C26H27ClN2O2. The smallest absolute Gasteiger partial charge is 0.306 e. The Morgan fingerprint density at radius 1 is 1.06 bits per heavy atom. The summed E-state index contributed by atoms with van der Waals surface area (Å²) in [5.74, 6) is 0.771. The first kappa shape index (κ1) is 21.4. The highest BCUT2D eigenvalue weighted by Gasteiger charge is 2.26. The van der Waals surface area contributed by atoms with Crippen molar-refractivity contribution in [3.63, 3.8) is 0 Å². The monoisotopic (exact) mass is 434 g/mol. The normalized spacial score (nSPS) is 11.9. The predicted octanol–water partition coefficient (Wildman–Crippen LogP) is 6.41. The van der Waals surface area contributed by atoms with E-state index in [1.807, 2.05) is 25.1 Å². The van der Waals surface area contributed by atoms with E-state index in [9.17, 15) is 4.79 Å². The second kappa shape index (κ2) is 8.72. The third-order valence-corrected chi connectivity index (χ3v) is 5.74. The number of halogens is 1. The van der Waals surface area contributed by atoms with Gasteiger partial charge in [0.05, 0.1) is 24.1 Å². The molecule has 31 heavy (non-hydrogen) atoms. The molecule has 3 aromatic carbocycles. The molecule has 0 amide bonds. The van der Waals surface area contributed by atoms with E-state index in [1.165, 1.54) is 16.3 Å². The molecule has 4 nitrogen and oxygen atoms in total. The Balaban J connectivity index is 1.71. The molecule has 0 radical (unpaired) electrons. The van der Waals surface area contributed by atoms with Crippen molar-refractivity contribution >= 4 is 39.4 Å². The van der Waals surface area contributed by atoms with Crippen molar-refractivity contribution < 1.29 is 9.53 Å². The van der Waals surface area contributed by atoms with Crippen LogP contribution in [-0.2, 0) is 22.5 Å². The van der Waals surface area contributed by atoms with Gasteiger partial charge in [-0.2, -0.15) is 0 Å².